The van der Waals surface area contributed by atoms with E-state index in [1.165, 1.54) is 0 Å². The van der Waals surface area contributed by atoms with E-state index < -0.39 is 0 Å². The Morgan fingerprint density at radius 2 is 1.89 bits per heavy atom. The van der Waals surface area contributed by atoms with Crippen molar-refractivity contribution in [2.24, 2.45) is 0 Å². The lowest BCUT2D eigenvalue weighted by atomic mass is 10.1. The lowest BCUT2D eigenvalue weighted by molar-refractivity contribution is 0.409. The summed E-state index contributed by atoms with van der Waals surface area (Å²) in [6.45, 7) is 1.92. The second-order valence-electron chi connectivity index (χ2n) is 4.12. The van der Waals surface area contributed by atoms with E-state index in [1.807, 2.05) is 13.0 Å². The summed E-state index contributed by atoms with van der Waals surface area (Å²) < 4.78 is 10.8. The summed E-state index contributed by atoms with van der Waals surface area (Å²) in [6, 6.07) is 12.7. The van der Waals surface area contributed by atoms with Gasteiger partial charge in [-0.1, -0.05) is 6.07 Å². The zero-order chi connectivity index (χ0) is 13.8. The minimum absolute atomic E-state index is 0.472. The fourth-order valence-electron chi connectivity index (χ4n) is 1.67. The maximum atomic E-state index is 9.11. The van der Waals surface area contributed by atoms with Gasteiger partial charge in [0.25, 0.3) is 0 Å². The molecule has 2 N–H and O–H groups in total. The normalized spacial score (nSPS) is 9.74. The SMILES string of the molecule is COc1ccc(N)c(Oc2ccc(C)cc2C#N)c1. The number of ether oxygens (including phenoxy) is 2. The predicted molar refractivity (Wildman–Crippen MR) is 73.4 cm³/mol. The highest BCUT2D eigenvalue weighted by Crippen LogP contribution is 2.32. The number of anilines is 1. The Morgan fingerprint density at radius 1 is 1.11 bits per heavy atom. The zero-order valence-corrected chi connectivity index (χ0v) is 10.8. The first-order valence-corrected chi connectivity index (χ1v) is 5.76. The molecule has 0 aromatic heterocycles. The zero-order valence-electron chi connectivity index (χ0n) is 10.8. The van der Waals surface area contributed by atoms with Crippen LogP contribution in [0.5, 0.6) is 17.2 Å². The third kappa shape index (κ3) is 2.78. The molecule has 2 rings (SSSR count). The number of nitrogens with zero attached hydrogens (tertiary/aromatic N) is 1. The molecule has 0 spiro atoms. The van der Waals surface area contributed by atoms with Crippen LogP contribution in [0.1, 0.15) is 11.1 Å². The molecule has 0 bridgehead atoms. The topological polar surface area (TPSA) is 68.3 Å². The fourth-order valence-corrected chi connectivity index (χ4v) is 1.67. The van der Waals surface area contributed by atoms with Crippen LogP contribution in [0.25, 0.3) is 0 Å². The summed E-state index contributed by atoms with van der Waals surface area (Å²) in [7, 11) is 1.57. The predicted octanol–water partition coefficient (Wildman–Crippen LogP) is 3.25. The molecule has 0 saturated carbocycles. The number of nitriles is 1. The lowest BCUT2D eigenvalue weighted by Crippen LogP contribution is -1.95. The molecular weight excluding hydrogens is 240 g/mol. The second kappa shape index (κ2) is 5.32. The van der Waals surface area contributed by atoms with Gasteiger partial charge in [0, 0.05) is 6.07 Å². The number of nitrogen functional groups attached to an aromatic ring is 1. The molecule has 2 aromatic carbocycles. The van der Waals surface area contributed by atoms with Crippen LogP contribution in [0.15, 0.2) is 36.4 Å². The summed E-state index contributed by atoms with van der Waals surface area (Å²) in [4.78, 5) is 0. The van der Waals surface area contributed by atoms with E-state index in [0.717, 1.165) is 5.56 Å². The first-order chi connectivity index (χ1) is 9.13. The van der Waals surface area contributed by atoms with E-state index in [9.17, 15) is 0 Å². The van der Waals surface area contributed by atoms with Crippen LogP contribution in [0.2, 0.25) is 0 Å². The van der Waals surface area contributed by atoms with Gasteiger partial charge in [-0.2, -0.15) is 5.26 Å². The van der Waals surface area contributed by atoms with Gasteiger partial charge in [-0.3, -0.25) is 0 Å². The van der Waals surface area contributed by atoms with Crippen molar-refractivity contribution in [2.75, 3.05) is 12.8 Å². The third-order valence-corrected chi connectivity index (χ3v) is 2.70. The lowest BCUT2D eigenvalue weighted by Gasteiger charge is -2.11. The Bertz CT molecular complexity index is 645. The Hall–Kier alpha value is -2.67. The van der Waals surface area contributed by atoms with E-state index >= 15 is 0 Å². The molecule has 4 nitrogen and oxygen atoms in total. The molecule has 0 fully saturated rings. The molecule has 0 aliphatic rings. The fraction of sp³-hybridized carbons (Fsp3) is 0.133. The quantitative estimate of drug-likeness (QED) is 0.854. The van der Waals surface area contributed by atoms with Gasteiger partial charge in [-0.15, -0.1) is 0 Å². The molecule has 2 aromatic rings. The van der Waals surface area contributed by atoms with Crippen LogP contribution in [-0.4, -0.2) is 7.11 Å². The van der Waals surface area contributed by atoms with Crippen LogP contribution >= 0.6 is 0 Å². The van der Waals surface area contributed by atoms with Gasteiger partial charge in [-0.05, 0) is 36.8 Å². The number of rotatable bonds is 3. The molecular formula is C15H14N2O2. The monoisotopic (exact) mass is 254 g/mol. The summed E-state index contributed by atoms with van der Waals surface area (Å²) in [5, 5.41) is 9.11. The maximum Gasteiger partial charge on any atom is 0.154 e. The average molecular weight is 254 g/mol. The largest absolute Gasteiger partial charge is 0.497 e. The minimum atomic E-state index is 0.472. The van der Waals surface area contributed by atoms with Crippen LogP contribution in [0.3, 0.4) is 0 Å². The number of aryl methyl sites for hydroxylation is 1. The Kier molecular flexibility index (Phi) is 3.58. The molecule has 0 aliphatic heterocycles. The van der Waals surface area contributed by atoms with Crippen molar-refractivity contribution in [1.82, 2.24) is 0 Å². The van der Waals surface area contributed by atoms with Crippen molar-refractivity contribution < 1.29 is 9.47 Å². The average Bonchev–Trinajstić information content (AvgIpc) is 2.43. The number of methoxy groups -OCH3 is 1. The summed E-state index contributed by atoms with van der Waals surface area (Å²) in [5.74, 6) is 1.60. The summed E-state index contributed by atoms with van der Waals surface area (Å²) in [5.41, 5.74) is 7.82. The molecule has 19 heavy (non-hydrogen) atoms. The van der Waals surface area contributed by atoms with Gasteiger partial charge in [0.05, 0.1) is 18.4 Å². The Labute approximate surface area is 112 Å². The molecule has 96 valence electrons. The highest BCUT2D eigenvalue weighted by Gasteiger charge is 2.08. The van der Waals surface area contributed by atoms with Gasteiger partial charge in [0.2, 0.25) is 0 Å². The smallest absolute Gasteiger partial charge is 0.154 e. The van der Waals surface area contributed by atoms with Gasteiger partial charge in [0.15, 0.2) is 5.75 Å². The molecule has 0 heterocycles. The van der Waals surface area contributed by atoms with Gasteiger partial charge >= 0.3 is 0 Å². The van der Waals surface area contributed by atoms with E-state index in [-0.39, 0.29) is 0 Å². The standard InChI is InChI=1S/C15H14N2O2/c1-10-3-6-14(11(7-10)9-16)19-15-8-12(18-2)4-5-13(15)17/h3-8H,17H2,1-2H3. The summed E-state index contributed by atoms with van der Waals surface area (Å²) in [6.07, 6.45) is 0. The van der Waals surface area contributed by atoms with Crippen LogP contribution in [0.4, 0.5) is 5.69 Å². The first-order valence-electron chi connectivity index (χ1n) is 5.76. The first kappa shape index (κ1) is 12.8. The van der Waals surface area contributed by atoms with Gasteiger partial charge in [0.1, 0.15) is 17.6 Å². The van der Waals surface area contributed by atoms with Crippen molar-refractivity contribution >= 4 is 5.69 Å². The maximum absolute atomic E-state index is 9.11. The van der Waals surface area contributed by atoms with Crippen molar-refractivity contribution in [3.05, 3.63) is 47.5 Å². The van der Waals surface area contributed by atoms with Gasteiger partial charge in [-0.25, -0.2) is 0 Å². The van der Waals surface area contributed by atoms with E-state index in [2.05, 4.69) is 6.07 Å². The molecule has 0 radical (unpaired) electrons. The molecule has 4 heteroatoms. The van der Waals surface area contributed by atoms with Gasteiger partial charge < -0.3 is 15.2 Å². The van der Waals surface area contributed by atoms with Crippen molar-refractivity contribution in [3.63, 3.8) is 0 Å². The Balaban J connectivity index is 2.39. The van der Waals surface area contributed by atoms with Crippen LogP contribution < -0.4 is 15.2 Å². The molecule has 0 saturated heterocycles. The minimum Gasteiger partial charge on any atom is -0.497 e. The van der Waals surface area contributed by atoms with E-state index in [4.69, 9.17) is 20.5 Å². The van der Waals surface area contributed by atoms with Crippen LogP contribution in [-0.2, 0) is 0 Å². The number of hydrogen-bond donors (Lipinski definition) is 1. The summed E-state index contributed by atoms with van der Waals surface area (Å²) >= 11 is 0. The Morgan fingerprint density at radius 3 is 2.58 bits per heavy atom. The van der Waals surface area contributed by atoms with Crippen molar-refractivity contribution in [1.29, 1.82) is 5.26 Å². The molecule has 0 unspecified atom stereocenters. The third-order valence-electron chi connectivity index (χ3n) is 2.70. The van der Waals surface area contributed by atoms with E-state index in [0.29, 0.717) is 28.5 Å². The number of benzene rings is 2. The molecule has 0 atom stereocenters. The second-order valence-corrected chi connectivity index (χ2v) is 4.12. The number of hydrogen-bond acceptors (Lipinski definition) is 4. The van der Waals surface area contributed by atoms with E-state index in [1.54, 1.807) is 37.4 Å². The highest BCUT2D eigenvalue weighted by molar-refractivity contribution is 5.58. The molecule has 0 aliphatic carbocycles. The van der Waals surface area contributed by atoms with Crippen molar-refractivity contribution in [2.45, 2.75) is 6.92 Å². The van der Waals surface area contributed by atoms with Crippen molar-refractivity contribution in [3.8, 4) is 23.3 Å². The van der Waals surface area contributed by atoms with Crippen LogP contribution in [0, 0.1) is 18.3 Å². The molecule has 0 amide bonds. The highest BCUT2D eigenvalue weighted by atomic mass is 16.5. The number of nitrogens with two attached hydrogens (primary N) is 1.